The first-order valence-electron chi connectivity index (χ1n) is 12.4. The van der Waals surface area contributed by atoms with Gasteiger partial charge in [0, 0.05) is 35.8 Å². The average Bonchev–Trinajstić information content (AvgIpc) is 3.24. The van der Waals surface area contributed by atoms with Crippen molar-refractivity contribution in [2.45, 2.75) is 13.8 Å². The van der Waals surface area contributed by atoms with Crippen molar-refractivity contribution in [1.29, 1.82) is 0 Å². The number of hydrogen-bond acceptors (Lipinski definition) is 7. The molecule has 9 nitrogen and oxygen atoms in total. The number of hydrogen-bond donors (Lipinski definition) is 1. The van der Waals surface area contributed by atoms with Gasteiger partial charge < -0.3 is 9.84 Å². The molecule has 206 valence electrons. The van der Waals surface area contributed by atoms with Crippen molar-refractivity contribution in [2.75, 3.05) is 26.1 Å². The number of aromatic hydroxyl groups is 1. The van der Waals surface area contributed by atoms with E-state index < -0.39 is 11.9 Å². The molecule has 0 bridgehead atoms. The number of aryl methyl sites for hydroxylation is 1. The van der Waals surface area contributed by atoms with E-state index in [1.165, 1.54) is 25.2 Å². The van der Waals surface area contributed by atoms with Crippen molar-refractivity contribution in [3.8, 4) is 5.88 Å². The highest BCUT2D eigenvalue weighted by molar-refractivity contribution is 9.09. The molecule has 10 heteroatoms. The summed E-state index contributed by atoms with van der Waals surface area (Å²) in [5.41, 5.74) is 3.61. The fourth-order valence-electron chi connectivity index (χ4n) is 4.39. The Bertz CT molecular complexity index is 1610. The second kappa shape index (κ2) is 12.3. The lowest BCUT2D eigenvalue weighted by Gasteiger charge is -2.16. The highest BCUT2D eigenvalue weighted by Crippen LogP contribution is 2.36. The summed E-state index contributed by atoms with van der Waals surface area (Å²) in [6, 6.07) is 19.2. The van der Waals surface area contributed by atoms with Crippen molar-refractivity contribution in [3.63, 3.8) is 0 Å². The minimum absolute atomic E-state index is 0.282. The SMILES string of the molecule is COC(=O)c1cc2c(cc1C)c(C(=Nc1ccc(C(=O)N(C)OCCBr)cc1)c1ccccc1)c(O)n2C(C)=O. The van der Waals surface area contributed by atoms with Gasteiger partial charge in [-0.25, -0.2) is 14.9 Å². The number of amides is 1. The fourth-order valence-corrected chi connectivity index (χ4v) is 4.54. The molecule has 0 aliphatic carbocycles. The van der Waals surface area contributed by atoms with Gasteiger partial charge in [0.1, 0.15) is 0 Å². The van der Waals surface area contributed by atoms with Gasteiger partial charge in [0.05, 0.1) is 41.8 Å². The maximum absolute atomic E-state index is 12.7. The first kappa shape index (κ1) is 28.7. The Morgan fingerprint density at radius 3 is 2.30 bits per heavy atom. The molecule has 0 saturated carbocycles. The summed E-state index contributed by atoms with van der Waals surface area (Å²) >= 11 is 3.26. The van der Waals surface area contributed by atoms with Crippen LogP contribution in [-0.4, -0.2) is 64.3 Å². The van der Waals surface area contributed by atoms with Gasteiger partial charge in [-0.05, 0) is 48.9 Å². The molecule has 1 heterocycles. The number of rotatable bonds is 8. The average molecular weight is 606 g/mol. The molecule has 40 heavy (non-hydrogen) atoms. The zero-order valence-corrected chi connectivity index (χ0v) is 24.1. The number of methoxy groups -OCH3 is 1. The lowest BCUT2D eigenvalue weighted by molar-refractivity contribution is -0.0986. The summed E-state index contributed by atoms with van der Waals surface area (Å²) in [7, 11) is 2.83. The monoisotopic (exact) mass is 605 g/mol. The predicted octanol–water partition coefficient (Wildman–Crippen LogP) is 5.67. The van der Waals surface area contributed by atoms with Gasteiger partial charge in [0.2, 0.25) is 11.8 Å². The zero-order valence-electron chi connectivity index (χ0n) is 22.5. The molecule has 0 aliphatic rings. The van der Waals surface area contributed by atoms with Crippen LogP contribution in [0.5, 0.6) is 5.88 Å². The highest BCUT2D eigenvalue weighted by Gasteiger charge is 2.26. The molecule has 0 saturated heterocycles. The maximum atomic E-state index is 12.7. The zero-order chi connectivity index (χ0) is 29.0. The smallest absolute Gasteiger partial charge is 0.338 e. The molecule has 4 rings (SSSR count). The summed E-state index contributed by atoms with van der Waals surface area (Å²) in [6.07, 6.45) is 0. The van der Waals surface area contributed by atoms with Crippen molar-refractivity contribution in [2.24, 2.45) is 4.99 Å². The van der Waals surface area contributed by atoms with E-state index in [0.29, 0.717) is 56.5 Å². The van der Waals surface area contributed by atoms with E-state index in [0.717, 1.165) is 4.57 Å². The second-order valence-corrected chi connectivity index (χ2v) is 9.72. The van der Waals surface area contributed by atoms with Crippen molar-refractivity contribution in [1.82, 2.24) is 9.63 Å². The summed E-state index contributed by atoms with van der Waals surface area (Å²) in [5.74, 6) is -1.59. The number of esters is 1. The number of benzene rings is 3. The van der Waals surface area contributed by atoms with Gasteiger partial charge in [0.15, 0.2) is 0 Å². The van der Waals surface area contributed by atoms with E-state index in [4.69, 9.17) is 14.6 Å². The first-order valence-corrected chi connectivity index (χ1v) is 13.5. The van der Waals surface area contributed by atoms with Crippen LogP contribution in [-0.2, 0) is 9.57 Å². The Morgan fingerprint density at radius 1 is 1.02 bits per heavy atom. The Balaban J connectivity index is 1.90. The Morgan fingerprint density at radius 2 is 1.70 bits per heavy atom. The Labute approximate surface area is 239 Å². The number of fused-ring (bicyclic) bond motifs is 1. The first-order chi connectivity index (χ1) is 19.2. The lowest BCUT2D eigenvalue weighted by atomic mass is 9.98. The predicted molar refractivity (Wildman–Crippen MR) is 156 cm³/mol. The van der Waals surface area contributed by atoms with Crippen LogP contribution in [0.15, 0.2) is 71.7 Å². The molecule has 3 aromatic carbocycles. The molecule has 0 spiro atoms. The molecule has 0 unspecified atom stereocenters. The fraction of sp³-hybridized carbons (Fsp3) is 0.200. The minimum Gasteiger partial charge on any atom is -0.494 e. The third kappa shape index (κ3) is 5.68. The van der Waals surface area contributed by atoms with E-state index in [1.54, 1.807) is 44.3 Å². The van der Waals surface area contributed by atoms with Gasteiger partial charge >= 0.3 is 5.97 Å². The van der Waals surface area contributed by atoms with Crippen molar-refractivity contribution < 1.29 is 29.1 Å². The lowest BCUT2D eigenvalue weighted by Crippen LogP contribution is -2.27. The number of carbonyl (C=O) groups excluding carboxylic acids is 3. The van der Waals surface area contributed by atoms with Gasteiger partial charge in [-0.3, -0.25) is 19.0 Å². The normalized spacial score (nSPS) is 11.5. The van der Waals surface area contributed by atoms with E-state index in [9.17, 15) is 19.5 Å². The molecule has 0 fully saturated rings. The number of ether oxygens (including phenoxy) is 1. The van der Waals surface area contributed by atoms with Crippen LogP contribution in [0.3, 0.4) is 0 Å². The van der Waals surface area contributed by atoms with Crippen LogP contribution in [0.2, 0.25) is 0 Å². The Hall–Kier alpha value is -4.28. The van der Waals surface area contributed by atoms with Crippen LogP contribution < -0.4 is 0 Å². The van der Waals surface area contributed by atoms with Gasteiger partial charge in [0.25, 0.3) is 5.91 Å². The minimum atomic E-state index is -0.549. The maximum Gasteiger partial charge on any atom is 0.338 e. The summed E-state index contributed by atoms with van der Waals surface area (Å²) in [6.45, 7) is 3.43. The van der Waals surface area contributed by atoms with Crippen LogP contribution in [0.4, 0.5) is 5.69 Å². The molecular formula is C30H28BrN3O6. The van der Waals surface area contributed by atoms with Crippen molar-refractivity contribution in [3.05, 3.63) is 94.5 Å². The third-order valence-electron chi connectivity index (χ3n) is 6.30. The van der Waals surface area contributed by atoms with Crippen molar-refractivity contribution >= 4 is 56.0 Å². The topological polar surface area (TPSA) is 110 Å². The van der Waals surface area contributed by atoms with E-state index >= 15 is 0 Å². The summed E-state index contributed by atoms with van der Waals surface area (Å²) in [4.78, 5) is 47.9. The van der Waals surface area contributed by atoms with Crippen LogP contribution in [0.1, 0.15) is 49.1 Å². The molecule has 0 radical (unpaired) electrons. The van der Waals surface area contributed by atoms with Gasteiger partial charge in [-0.2, -0.15) is 0 Å². The molecule has 1 amide bonds. The van der Waals surface area contributed by atoms with Crippen LogP contribution in [0.25, 0.3) is 10.9 Å². The number of aromatic nitrogens is 1. The summed E-state index contributed by atoms with van der Waals surface area (Å²) in [5, 5.41) is 13.7. The van der Waals surface area contributed by atoms with Gasteiger partial charge in [-0.15, -0.1) is 0 Å². The Kier molecular flexibility index (Phi) is 8.81. The summed E-state index contributed by atoms with van der Waals surface area (Å²) < 4.78 is 6.06. The molecular weight excluding hydrogens is 578 g/mol. The number of nitrogens with zero attached hydrogens (tertiary/aromatic N) is 3. The van der Waals surface area contributed by atoms with Crippen LogP contribution in [0, 0.1) is 6.92 Å². The number of aliphatic imine (C=N–C) groups is 1. The standard InChI is InChI=1S/C30H28BrN3O6/c1-18-16-24-25(17-23(18)30(38)39-4)34(19(2)35)29(37)26(24)27(20-8-6-5-7-9-20)32-22-12-10-21(11-13-22)28(36)33(3)40-15-14-31/h5-13,16-17,37H,14-15H2,1-4H3. The number of alkyl halides is 1. The molecule has 1 N–H and O–H groups in total. The molecule has 1 aromatic heterocycles. The highest BCUT2D eigenvalue weighted by atomic mass is 79.9. The number of carbonyl (C=O) groups is 3. The second-order valence-electron chi connectivity index (χ2n) is 8.93. The number of halogens is 1. The number of hydroxylamine groups is 2. The largest absolute Gasteiger partial charge is 0.494 e. The van der Waals surface area contributed by atoms with E-state index in [2.05, 4.69) is 15.9 Å². The quantitative estimate of drug-likeness (QED) is 0.120. The van der Waals surface area contributed by atoms with Crippen LogP contribution >= 0.6 is 15.9 Å². The van der Waals surface area contributed by atoms with Gasteiger partial charge in [-0.1, -0.05) is 46.3 Å². The molecule has 4 aromatic rings. The molecule has 0 atom stereocenters. The third-order valence-corrected chi connectivity index (χ3v) is 6.62. The van der Waals surface area contributed by atoms with E-state index in [1.807, 2.05) is 30.3 Å². The van der Waals surface area contributed by atoms with E-state index in [-0.39, 0.29) is 17.4 Å². The molecule has 0 aliphatic heterocycles.